The molecule has 0 saturated carbocycles. The highest BCUT2D eigenvalue weighted by Crippen LogP contribution is 2.27. The van der Waals surface area contributed by atoms with Crippen LogP contribution in [-0.2, 0) is 0 Å². The van der Waals surface area contributed by atoms with Gasteiger partial charge in [-0.3, -0.25) is 4.90 Å². The van der Waals surface area contributed by atoms with Crippen molar-refractivity contribution in [2.45, 2.75) is 32.2 Å². The lowest BCUT2D eigenvalue weighted by atomic mass is 10.0. The predicted octanol–water partition coefficient (Wildman–Crippen LogP) is 2.66. The second-order valence-corrected chi connectivity index (χ2v) is 5.26. The number of nitrogens with zero attached hydrogens (tertiary/aromatic N) is 2. The summed E-state index contributed by atoms with van der Waals surface area (Å²) in [5, 5.41) is 9.72. The van der Waals surface area contributed by atoms with Crippen molar-refractivity contribution >= 4 is 11.1 Å². The summed E-state index contributed by atoms with van der Waals surface area (Å²) < 4.78 is 5.58. The number of hydrogen-bond acceptors (Lipinski definition) is 4. The Hall–Kier alpha value is -1.39. The largest absolute Gasteiger partial charge is 0.441 e. The van der Waals surface area contributed by atoms with Crippen LogP contribution in [0.3, 0.4) is 0 Å². The molecule has 3 rings (SSSR count). The van der Waals surface area contributed by atoms with Crippen LogP contribution in [0.4, 0.5) is 0 Å². The van der Waals surface area contributed by atoms with E-state index < -0.39 is 0 Å². The van der Waals surface area contributed by atoms with Gasteiger partial charge in [0.15, 0.2) is 11.5 Å². The molecule has 2 aromatic rings. The summed E-state index contributed by atoms with van der Waals surface area (Å²) in [7, 11) is 0. The van der Waals surface area contributed by atoms with E-state index in [4.69, 9.17) is 4.42 Å². The summed E-state index contributed by atoms with van der Waals surface area (Å²) >= 11 is 0. The van der Waals surface area contributed by atoms with Gasteiger partial charge in [-0.05, 0) is 43.6 Å². The molecule has 1 unspecified atom stereocenters. The van der Waals surface area contributed by atoms with Crippen LogP contribution in [0.1, 0.15) is 36.8 Å². The van der Waals surface area contributed by atoms with Crippen molar-refractivity contribution in [3.05, 3.63) is 29.7 Å². The van der Waals surface area contributed by atoms with Gasteiger partial charge in [-0.15, -0.1) is 0 Å². The van der Waals surface area contributed by atoms with Crippen molar-refractivity contribution in [2.75, 3.05) is 19.7 Å². The third-order valence-corrected chi connectivity index (χ3v) is 3.91. The highest BCUT2D eigenvalue weighted by Gasteiger charge is 2.22. The maximum absolute atomic E-state index is 9.72. The second kappa shape index (κ2) is 5.31. The fraction of sp³-hybridized carbons (Fsp3) is 0.533. The fourth-order valence-electron chi connectivity index (χ4n) is 2.93. The first-order valence-corrected chi connectivity index (χ1v) is 7.00. The van der Waals surface area contributed by atoms with Gasteiger partial charge >= 0.3 is 0 Å². The SMILES string of the molecule is Cc1nc2ccc(C(CO)N3CCCCC3)cc2o1. The minimum absolute atomic E-state index is 0.0788. The Bertz CT molecular complexity index is 558. The first-order chi connectivity index (χ1) is 9.28. The van der Waals surface area contributed by atoms with Gasteiger partial charge in [0.2, 0.25) is 0 Å². The van der Waals surface area contributed by atoms with Gasteiger partial charge in [-0.2, -0.15) is 0 Å². The van der Waals surface area contributed by atoms with Gasteiger partial charge < -0.3 is 9.52 Å². The van der Waals surface area contributed by atoms with Crippen LogP contribution in [0.25, 0.3) is 11.1 Å². The molecule has 0 radical (unpaired) electrons. The topological polar surface area (TPSA) is 49.5 Å². The molecule has 1 atom stereocenters. The number of oxazole rings is 1. The lowest BCUT2D eigenvalue weighted by Gasteiger charge is -2.33. The van der Waals surface area contributed by atoms with E-state index in [-0.39, 0.29) is 12.6 Å². The summed E-state index contributed by atoms with van der Waals surface area (Å²) in [5.74, 6) is 0.686. The average molecular weight is 260 g/mol. The van der Waals surface area contributed by atoms with E-state index in [2.05, 4.69) is 16.0 Å². The van der Waals surface area contributed by atoms with Gasteiger partial charge in [-0.1, -0.05) is 12.5 Å². The summed E-state index contributed by atoms with van der Waals surface area (Å²) in [6.45, 7) is 4.14. The van der Waals surface area contributed by atoms with Crippen LogP contribution in [0.5, 0.6) is 0 Å². The van der Waals surface area contributed by atoms with Crippen molar-refractivity contribution in [3.63, 3.8) is 0 Å². The Labute approximate surface area is 113 Å². The maximum Gasteiger partial charge on any atom is 0.192 e. The molecular formula is C15H20N2O2. The molecule has 102 valence electrons. The fourth-order valence-corrected chi connectivity index (χ4v) is 2.93. The second-order valence-electron chi connectivity index (χ2n) is 5.26. The summed E-state index contributed by atoms with van der Waals surface area (Å²) in [6, 6.07) is 6.13. The highest BCUT2D eigenvalue weighted by molar-refractivity contribution is 5.73. The minimum atomic E-state index is 0.0788. The van der Waals surface area contributed by atoms with E-state index in [1.54, 1.807) is 0 Å². The minimum Gasteiger partial charge on any atom is -0.441 e. The molecule has 19 heavy (non-hydrogen) atoms. The average Bonchev–Trinajstić information content (AvgIpc) is 2.80. The molecule has 1 aliphatic heterocycles. The van der Waals surface area contributed by atoms with Crippen LogP contribution in [0.2, 0.25) is 0 Å². The normalized spacial score (nSPS) is 18.8. The standard InChI is InChI=1S/C15H20N2O2/c1-11-16-13-6-5-12(9-15(13)19-11)14(10-18)17-7-3-2-4-8-17/h5-6,9,14,18H,2-4,7-8,10H2,1H3. The monoisotopic (exact) mass is 260 g/mol. The molecule has 0 bridgehead atoms. The van der Waals surface area contributed by atoms with Crippen molar-refractivity contribution in [3.8, 4) is 0 Å². The van der Waals surface area contributed by atoms with Gasteiger partial charge in [0, 0.05) is 6.92 Å². The smallest absolute Gasteiger partial charge is 0.192 e. The van der Waals surface area contributed by atoms with Crippen molar-refractivity contribution < 1.29 is 9.52 Å². The Morgan fingerprint density at radius 1 is 1.32 bits per heavy atom. The molecule has 1 aliphatic rings. The molecule has 1 aromatic carbocycles. The first-order valence-electron chi connectivity index (χ1n) is 7.00. The van der Waals surface area contributed by atoms with Crippen LogP contribution >= 0.6 is 0 Å². The third kappa shape index (κ3) is 2.51. The van der Waals surface area contributed by atoms with Gasteiger partial charge in [0.05, 0.1) is 12.6 Å². The Balaban J connectivity index is 1.91. The molecular weight excluding hydrogens is 240 g/mol. The Morgan fingerprint density at radius 3 is 2.84 bits per heavy atom. The number of aliphatic hydroxyl groups is 1. The zero-order chi connectivity index (χ0) is 13.2. The summed E-state index contributed by atoms with van der Waals surface area (Å²) in [4.78, 5) is 6.68. The van der Waals surface area contributed by atoms with Gasteiger partial charge in [0.25, 0.3) is 0 Å². The number of rotatable bonds is 3. The Kier molecular flexibility index (Phi) is 3.53. The van der Waals surface area contributed by atoms with E-state index >= 15 is 0 Å². The number of aromatic nitrogens is 1. The first kappa shape index (κ1) is 12.6. The summed E-state index contributed by atoms with van der Waals surface area (Å²) in [5.41, 5.74) is 2.81. The molecule has 0 aliphatic carbocycles. The van der Waals surface area contributed by atoms with Crippen LogP contribution in [-0.4, -0.2) is 34.7 Å². The lowest BCUT2D eigenvalue weighted by molar-refractivity contribution is 0.104. The number of fused-ring (bicyclic) bond motifs is 1. The zero-order valence-electron chi connectivity index (χ0n) is 11.3. The lowest BCUT2D eigenvalue weighted by Crippen LogP contribution is -2.35. The van der Waals surface area contributed by atoms with E-state index in [1.165, 1.54) is 19.3 Å². The highest BCUT2D eigenvalue weighted by atomic mass is 16.3. The number of piperidine rings is 1. The van der Waals surface area contributed by atoms with Gasteiger partial charge in [0.1, 0.15) is 5.52 Å². The maximum atomic E-state index is 9.72. The van der Waals surface area contributed by atoms with Crippen molar-refractivity contribution in [1.29, 1.82) is 0 Å². The molecule has 1 aromatic heterocycles. The summed E-state index contributed by atoms with van der Waals surface area (Å²) in [6.07, 6.45) is 3.75. The number of hydrogen-bond donors (Lipinski definition) is 1. The Morgan fingerprint density at radius 2 is 2.11 bits per heavy atom. The number of benzene rings is 1. The molecule has 4 heteroatoms. The molecule has 1 fully saturated rings. The molecule has 2 heterocycles. The molecule has 0 spiro atoms. The molecule has 1 saturated heterocycles. The van der Waals surface area contributed by atoms with E-state index in [1.807, 2.05) is 19.1 Å². The number of aliphatic hydroxyl groups excluding tert-OH is 1. The van der Waals surface area contributed by atoms with Crippen LogP contribution < -0.4 is 0 Å². The van der Waals surface area contributed by atoms with E-state index in [9.17, 15) is 5.11 Å². The quantitative estimate of drug-likeness (QED) is 0.921. The third-order valence-electron chi connectivity index (χ3n) is 3.91. The predicted molar refractivity (Wildman–Crippen MR) is 74.0 cm³/mol. The van der Waals surface area contributed by atoms with E-state index in [0.29, 0.717) is 5.89 Å². The van der Waals surface area contributed by atoms with Crippen molar-refractivity contribution in [2.24, 2.45) is 0 Å². The van der Waals surface area contributed by atoms with Crippen LogP contribution in [0, 0.1) is 6.92 Å². The van der Waals surface area contributed by atoms with Crippen LogP contribution in [0.15, 0.2) is 22.6 Å². The van der Waals surface area contributed by atoms with E-state index in [0.717, 1.165) is 29.8 Å². The zero-order valence-corrected chi connectivity index (χ0v) is 11.3. The van der Waals surface area contributed by atoms with Gasteiger partial charge in [-0.25, -0.2) is 4.98 Å². The number of aryl methyl sites for hydroxylation is 1. The molecule has 4 nitrogen and oxygen atoms in total. The molecule has 1 N–H and O–H groups in total. The van der Waals surface area contributed by atoms with Crippen molar-refractivity contribution in [1.82, 2.24) is 9.88 Å². The molecule has 0 amide bonds. The number of likely N-dealkylation sites (tertiary alicyclic amines) is 1.